The normalized spacial score (nSPS) is 10.2. The number of benzene rings is 2. The Morgan fingerprint density at radius 2 is 1.58 bits per heavy atom. The van der Waals surface area contributed by atoms with Gasteiger partial charge in [0.1, 0.15) is 11.5 Å². The van der Waals surface area contributed by atoms with Crippen LogP contribution in [0.25, 0.3) is 0 Å². The van der Waals surface area contributed by atoms with Crippen molar-refractivity contribution in [2.45, 2.75) is 6.42 Å². The van der Waals surface area contributed by atoms with Gasteiger partial charge >= 0.3 is 0 Å². The molecule has 2 aromatic carbocycles. The Morgan fingerprint density at radius 1 is 0.895 bits per heavy atom. The van der Waals surface area contributed by atoms with Crippen LogP contribution in [0.2, 0.25) is 0 Å². The van der Waals surface area contributed by atoms with E-state index in [4.69, 9.17) is 15.2 Å². The van der Waals surface area contributed by atoms with Gasteiger partial charge in [0.15, 0.2) is 0 Å². The van der Waals surface area contributed by atoms with Gasteiger partial charge in [0.2, 0.25) is 0 Å². The van der Waals surface area contributed by atoms with E-state index in [1.165, 1.54) is 3.57 Å². The highest BCUT2D eigenvalue weighted by molar-refractivity contribution is 14.1. The summed E-state index contributed by atoms with van der Waals surface area (Å²) in [5.74, 6) is 1.69. The SMILES string of the molecule is Nc1cccc(OCCCOc2ccc(I)cc2)c1. The van der Waals surface area contributed by atoms with Gasteiger partial charge in [-0.2, -0.15) is 0 Å². The van der Waals surface area contributed by atoms with Gasteiger partial charge in [-0.25, -0.2) is 0 Å². The molecule has 100 valence electrons. The number of ether oxygens (including phenoxy) is 2. The molecule has 2 aromatic rings. The van der Waals surface area contributed by atoms with Crippen LogP contribution >= 0.6 is 22.6 Å². The van der Waals surface area contributed by atoms with E-state index in [0.717, 1.165) is 17.9 Å². The number of anilines is 1. The topological polar surface area (TPSA) is 44.5 Å². The lowest BCUT2D eigenvalue weighted by Crippen LogP contribution is -2.05. The fraction of sp³-hybridized carbons (Fsp3) is 0.200. The van der Waals surface area contributed by atoms with Gasteiger partial charge in [0, 0.05) is 21.7 Å². The lowest BCUT2D eigenvalue weighted by molar-refractivity contribution is 0.247. The first-order chi connectivity index (χ1) is 9.24. The van der Waals surface area contributed by atoms with Crippen molar-refractivity contribution < 1.29 is 9.47 Å². The molecule has 0 unspecified atom stereocenters. The minimum absolute atomic E-state index is 0.619. The number of hydrogen-bond donors (Lipinski definition) is 1. The van der Waals surface area contributed by atoms with Crippen LogP contribution in [-0.2, 0) is 0 Å². The predicted molar refractivity (Wildman–Crippen MR) is 85.6 cm³/mol. The van der Waals surface area contributed by atoms with Gasteiger partial charge in [-0.15, -0.1) is 0 Å². The molecule has 19 heavy (non-hydrogen) atoms. The number of rotatable bonds is 6. The fourth-order valence-electron chi connectivity index (χ4n) is 1.57. The van der Waals surface area contributed by atoms with Crippen LogP contribution in [0.1, 0.15) is 6.42 Å². The molecule has 0 heterocycles. The number of hydrogen-bond acceptors (Lipinski definition) is 3. The molecular formula is C15H16INO2. The highest BCUT2D eigenvalue weighted by Gasteiger charge is 1.96. The van der Waals surface area contributed by atoms with Crippen molar-refractivity contribution in [3.05, 3.63) is 52.1 Å². The Morgan fingerprint density at radius 3 is 2.26 bits per heavy atom. The zero-order chi connectivity index (χ0) is 13.5. The van der Waals surface area contributed by atoms with Crippen LogP contribution in [0, 0.1) is 3.57 Å². The summed E-state index contributed by atoms with van der Waals surface area (Å²) in [6, 6.07) is 15.4. The molecule has 0 bridgehead atoms. The third-order valence-corrected chi connectivity index (χ3v) is 3.22. The van der Waals surface area contributed by atoms with Crippen molar-refractivity contribution in [2.75, 3.05) is 18.9 Å². The summed E-state index contributed by atoms with van der Waals surface area (Å²) in [7, 11) is 0. The zero-order valence-corrected chi connectivity index (χ0v) is 12.7. The molecule has 0 spiro atoms. The minimum Gasteiger partial charge on any atom is -0.493 e. The minimum atomic E-state index is 0.619. The standard InChI is InChI=1S/C15H16INO2/c16-12-5-7-14(8-6-12)18-9-2-10-19-15-4-1-3-13(17)11-15/h1,3-8,11H,2,9-10,17H2. The predicted octanol–water partition coefficient (Wildman–Crippen LogP) is 3.72. The van der Waals surface area contributed by atoms with Crippen molar-refractivity contribution in [3.63, 3.8) is 0 Å². The molecule has 3 nitrogen and oxygen atoms in total. The quantitative estimate of drug-likeness (QED) is 0.480. The molecule has 0 saturated heterocycles. The maximum Gasteiger partial charge on any atom is 0.121 e. The molecule has 0 aliphatic carbocycles. The van der Waals surface area contributed by atoms with E-state index in [2.05, 4.69) is 22.6 Å². The molecule has 0 fully saturated rings. The molecule has 0 aromatic heterocycles. The van der Waals surface area contributed by atoms with Crippen LogP contribution in [0.15, 0.2) is 48.5 Å². The van der Waals surface area contributed by atoms with E-state index in [-0.39, 0.29) is 0 Å². The lowest BCUT2D eigenvalue weighted by Gasteiger charge is -2.08. The second kappa shape index (κ2) is 7.23. The molecule has 0 atom stereocenters. The van der Waals surface area contributed by atoms with Crippen molar-refractivity contribution in [2.24, 2.45) is 0 Å². The monoisotopic (exact) mass is 369 g/mol. The molecule has 2 rings (SSSR count). The lowest BCUT2D eigenvalue weighted by atomic mass is 10.3. The zero-order valence-electron chi connectivity index (χ0n) is 10.5. The van der Waals surface area contributed by atoms with Crippen LogP contribution in [0.4, 0.5) is 5.69 Å². The largest absolute Gasteiger partial charge is 0.493 e. The molecule has 0 amide bonds. The van der Waals surface area contributed by atoms with E-state index >= 15 is 0 Å². The van der Waals surface area contributed by atoms with Crippen LogP contribution in [0.3, 0.4) is 0 Å². The third kappa shape index (κ3) is 4.98. The number of nitrogen functional groups attached to an aromatic ring is 1. The van der Waals surface area contributed by atoms with Crippen LogP contribution in [0.5, 0.6) is 11.5 Å². The first-order valence-electron chi connectivity index (χ1n) is 6.11. The molecule has 4 heteroatoms. The summed E-state index contributed by atoms with van der Waals surface area (Å²) in [4.78, 5) is 0. The summed E-state index contributed by atoms with van der Waals surface area (Å²) in [5, 5.41) is 0. The average Bonchev–Trinajstić information content (AvgIpc) is 2.41. The summed E-state index contributed by atoms with van der Waals surface area (Å²) in [6.45, 7) is 1.26. The van der Waals surface area contributed by atoms with E-state index in [1.807, 2.05) is 48.5 Å². The second-order valence-electron chi connectivity index (χ2n) is 4.08. The van der Waals surface area contributed by atoms with Gasteiger partial charge in [0.25, 0.3) is 0 Å². The van der Waals surface area contributed by atoms with Gasteiger partial charge in [0.05, 0.1) is 13.2 Å². The second-order valence-corrected chi connectivity index (χ2v) is 5.32. The smallest absolute Gasteiger partial charge is 0.121 e. The highest BCUT2D eigenvalue weighted by Crippen LogP contribution is 2.15. The van der Waals surface area contributed by atoms with Gasteiger partial charge in [-0.05, 0) is 59.0 Å². The highest BCUT2D eigenvalue weighted by atomic mass is 127. The fourth-order valence-corrected chi connectivity index (χ4v) is 1.93. The Bertz CT molecular complexity index is 514. The van der Waals surface area contributed by atoms with Crippen LogP contribution in [-0.4, -0.2) is 13.2 Å². The summed E-state index contributed by atoms with van der Waals surface area (Å²) in [5.41, 5.74) is 6.39. The third-order valence-electron chi connectivity index (χ3n) is 2.50. The van der Waals surface area contributed by atoms with Crippen molar-refractivity contribution in [1.82, 2.24) is 0 Å². The van der Waals surface area contributed by atoms with Crippen molar-refractivity contribution >= 4 is 28.3 Å². The Balaban J connectivity index is 1.66. The molecule has 2 N–H and O–H groups in total. The molecule has 0 saturated carbocycles. The Kier molecular flexibility index (Phi) is 5.32. The molecule has 0 aliphatic heterocycles. The summed E-state index contributed by atoms with van der Waals surface area (Å²) < 4.78 is 12.4. The van der Waals surface area contributed by atoms with E-state index in [9.17, 15) is 0 Å². The maximum absolute atomic E-state index is 5.67. The van der Waals surface area contributed by atoms with Crippen LogP contribution < -0.4 is 15.2 Å². The average molecular weight is 369 g/mol. The van der Waals surface area contributed by atoms with E-state index in [1.54, 1.807) is 0 Å². The maximum atomic E-state index is 5.67. The molecular weight excluding hydrogens is 353 g/mol. The Hall–Kier alpha value is -1.43. The number of nitrogens with two attached hydrogens (primary N) is 1. The van der Waals surface area contributed by atoms with Gasteiger partial charge < -0.3 is 15.2 Å². The first-order valence-corrected chi connectivity index (χ1v) is 7.18. The van der Waals surface area contributed by atoms with E-state index < -0.39 is 0 Å². The number of halogens is 1. The summed E-state index contributed by atoms with van der Waals surface area (Å²) >= 11 is 2.27. The Labute approximate surface area is 126 Å². The van der Waals surface area contributed by atoms with E-state index in [0.29, 0.717) is 18.9 Å². The molecule has 0 aliphatic rings. The first kappa shape index (κ1) is 14.0. The van der Waals surface area contributed by atoms with Crippen molar-refractivity contribution in [3.8, 4) is 11.5 Å². The van der Waals surface area contributed by atoms with Gasteiger partial charge in [-0.1, -0.05) is 6.07 Å². The summed E-state index contributed by atoms with van der Waals surface area (Å²) in [6.07, 6.45) is 0.834. The molecule has 0 radical (unpaired) electrons. The van der Waals surface area contributed by atoms with Gasteiger partial charge in [-0.3, -0.25) is 0 Å². The van der Waals surface area contributed by atoms with Crippen molar-refractivity contribution in [1.29, 1.82) is 0 Å².